The first-order chi connectivity index (χ1) is 8.30. The minimum atomic E-state index is -4.46. The lowest BCUT2D eigenvalue weighted by Gasteiger charge is -2.23. The Morgan fingerprint density at radius 1 is 1.28 bits per heavy atom. The molecule has 0 saturated carbocycles. The average molecular weight is 270 g/mol. The Labute approximate surface area is 103 Å². The van der Waals surface area contributed by atoms with Crippen molar-refractivity contribution in [2.45, 2.75) is 26.4 Å². The second kappa shape index (κ2) is 7.78. The van der Waals surface area contributed by atoms with Gasteiger partial charge in [0.25, 0.3) is 0 Å². The zero-order chi connectivity index (χ0) is 14.2. The van der Waals surface area contributed by atoms with E-state index < -0.39 is 31.3 Å². The monoisotopic (exact) mass is 270 g/mol. The van der Waals surface area contributed by atoms with Gasteiger partial charge in [0.05, 0.1) is 6.61 Å². The molecule has 2 amide bonds. The third-order valence-electron chi connectivity index (χ3n) is 1.84. The quantitative estimate of drug-likeness (QED) is 0.745. The van der Waals surface area contributed by atoms with Crippen molar-refractivity contribution in [1.29, 1.82) is 0 Å². The first-order valence-corrected chi connectivity index (χ1v) is 5.55. The highest BCUT2D eigenvalue weighted by molar-refractivity contribution is 5.80. The van der Waals surface area contributed by atoms with Crippen molar-refractivity contribution in [3.05, 3.63) is 0 Å². The predicted octanol–water partition coefficient (Wildman–Crippen LogP) is 1.53. The first-order valence-electron chi connectivity index (χ1n) is 5.55. The van der Waals surface area contributed by atoms with Crippen molar-refractivity contribution in [1.82, 2.24) is 10.2 Å². The standard InChI is InChI=1S/C10H17F3N2O3/c1-3-5-15(7-10(11,12)13)9(17)14-6-8(16)18-4-2/h3-7H2,1-2H3,(H,14,17). The van der Waals surface area contributed by atoms with E-state index in [-0.39, 0.29) is 13.2 Å². The number of carbonyl (C=O) groups is 2. The molecule has 0 aliphatic carbocycles. The molecule has 1 N–H and O–H groups in total. The molecule has 106 valence electrons. The second-order valence-corrected chi connectivity index (χ2v) is 3.50. The predicted molar refractivity (Wildman–Crippen MR) is 58.0 cm³/mol. The third-order valence-corrected chi connectivity index (χ3v) is 1.84. The number of hydrogen-bond acceptors (Lipinski definition) is 3. The lowest BCUT2D eigenvalue weighted by molar-refractivity contribution is -0.142. The highest BCUT2D eigenvalue weighted by Gasteiger charge is 2.32. The van der Waals surface area contributed by atoms with Gasteiger partial charge in [0.2, 0.25) is 0 Å². The maximum absolute atomic E-state index is 12.2. The number of nitrogens with zero attached hydrogens (tertiary/aromatic N) is 1. The van der Waals surface area contributed by atoms with Gasteiger partial charge in [0.15, 0.2) is 0 Å². The Morgan fingerprint density at radius 3 is 2.33 bits per heavy atom. The molecule has 0 fully saturated rings. The molecule has 8 heteroatoms. The van der Waals surface area contributed by atoms with E-state index in [4.69, 9.17) is 0 Å². The van der Waals surface area contributed by atoms with Crippen LogP contribution in [0.3, 0.4) is 0 Å². The lowest BCUT2D eigenvalue weighted by Crippen LogP contribution is -2.46. The van der Waals surface area contributed by atoms with E-state index >= 15 is 0 Å². The second-order valence-electron chi connectivity index (χ2n) is 3.50. The molecule has 0 unspecified atom stereocenters. The van der Waals surface area contributed by atoms with Crippen molar-refractivity contribution in [2.75, 3.05) is 26.2 Å². The number of urea groups is 1. The highest BCUT2D eigenvalue weighted by Crippen LogP contribution is 2.16. The van der Waals surface area contributed by atoms with Gasteiger partial charge in [-0.25, -0.2) is 4.79 Å². The maximum Gasteiger partial charge on any atom is 0.406 e. The molecular formula is C10H17F3N2O3. The molecule has 0 heterocycles. The number of carbonyl (C=O) groups excluding carboxylic acids is 2. The normalized spacial score (nSPS) is 10.9. The molecule has 0 aromatic carbocycles. The molecule has 0 aromatic rings. The van der Waals surface area contributed by atoms with E-state index in [0.29, 0.717) is 11.3 Å². The van der Waals surface area contributed by atoms with Gasteiger partial charge < -0.3 is 15.0 Å². The van der Waals surface area contributed by atoms with E-state index in [1.165, 1.54) is 0 Å². The van der Waals surface area contributed by atoms with E-state index in [1.807, 2.05) is 0 Å². The number of ether oxygens (including phenoxy) is 1. The van der Waals surface area contributed by atoms with Crippen LogP contribution < -0.4 is 5.32 Å². The summed E-state index contributed by atoms with van der Waals surface area (Å²) in [5.41, 5.74) is 0. The topological polar surface area (TPSA) is 58.6 Å². The molecule has 18 heavy (non-hydrogen) atoms. The zero-order valence-corrected chi connectivity index (χ0v) is 10.3. The van der Waals surface area contributed by atoms with Gasteiger partial charge in [0, 0.05) is 6.54 Å². The number of nitrogens with one attached hydrogen (secondary N) is 1. The number of halogens is 3. The van der Waals surface area contributed by atoms with Crippen molar-refractivity contribution in [2.24, 2.45) is 0 Å². The summed E-state index contributed by atoms with van der Waals surface area (Å²) in [6.45, 7) is 1.58. The Balaban J connectivity index is 4.26. The Hall–Kier alpha value is -1.47. The van der Waals surface area contributed by atoms with Crippen LogP contribution in [0.2, 0.25) is 0 Å². The van der Waals surface area contributed by atoms with E-state index in [9.17, 15) is 22.8 Å². The van der Waals surface area contributed by atoms with Crippen LogP contribution in [0.15, 0.2) is 0 Å². The van der Waals surface area contributed by atoms with Crippen LogP contribution in [0, 0.1) is 0 Å². The largest absolute Gasteiger partial charge is 0.465 e. The van der Waals surface area contributed by atoms with Crippen molar-refractivity contribution in [3.8, 4) is 0 Å². The highest BCUT2D eigenvalue weighted by atomic mass is 19.4. The summed E-state index contributed by atoms with van der Waals surface area (Å²) in [5, 5.41) is 2.09. The van der Waals surface area contributed by atoms with Gasteiger partial charge in [-0.2, -0.15) is 13.2 Å². The molecule has 0 aliphatic heterocycles. The fourth-order valence-corrected chi connectivity index (χ4v) is 1.21. The van der Waals surface area contributed by atoms with Crippen LogP contribution >= 0.6 is 0 Å². The maximum atomic E-state index is 12.2. The number of hydrogen-bond donors (Lipinski definition) is 1. The number of amides is 2. The van der Waals surface area contributed by atoms with Crippen LogP contribution in [0.1, 0.15) is 20.3 Å². The number of alkyl halides is 3. The minimum Gasteiger partial charge on any atom is -0.465 e. The lowest BCUT2D eigenvalue weighted by atomic mass is 10.4. The van der Waals surface area contributed by atoms with Gasteiger partial charge >= 0.3 is 18.2 Å². The van der Waals surface area contributed by atoms with Crippen LogP contribution in [-0.4, -0.2) is 49.3 Å². The number of rotatable bonds is 6. The minimum absolute atomic E-state index is 0.0336. The van der Waals surface area contributed by atoms with Crippen molar-refractivity contribution >= 4 is 12.0 Å². The molecule has 0 spiro atoms. The van der Waals surface area contributed by atoms with E-state index in [2.05, 4.69) is 10.1 Å². The molecule has 0 atom stereocenters. The third kappa shape index (κ3) is 7.75. The summed E-state index contributed by atoms with van der Waals surface area (Å²) >= 11 is 0. The Morgan fingerprint density at radius 2 is 1.89 bits per heavy atom. The first kappa shape index (κ1) is 16.5. The molecular weight excluding hydrogens is 253 g/mol. The SMILES string of the molecule is CCCN(CC(F)(F)F)C(=O)NCC(=O)OCC. The van der Waals surface area contributed by atoms with Crippen LogP contribution in [0.5, 0.6) is 0 Å². The molecule has 0 aliphatic rings. The van der Waals surface area contributed by atoms with Crippen LogP contribution in [-0.2, 0) is 9.53 Å². The molecule has 0 rings (SSSR count). The Bertz CT molecular complexity index is 282. The van der Waals surface area contributed by atoms with Crippen molar-refractivity contribution in [3.63, 3.8) is 0 Å². The average Bonchev–Trinajstić information content (AvgIpc) is 2.24. The van der Waals surface area contributed by atoms with Gasteiger partial charge in [0.1, 0.15) is 13.1 Å². The summed E-state index contributed by atoms with van der Waals surface area (Å²) in [6.07, 6.45) is -4.07. The number of esters is 1. The smallest absolute Gasteiger partial charge is 0.406 e. The van der Waals surface area contributed by atoms with Gasteiger partial charge in [-0.3, -0.25) is 4.79 Å². The summed E-state index contributed by atoms with van der Waals surface area (Å²) in [4.78, 5) is 23.0. The molecule has 0 bridgehead atoms. The van der Waals surface area contributed by atoms with E-state index in [0.717, 1.165) is 0 Å². The summed E-state index contributed by atoms with van der Waals surface area (Å²) < 4.78 is 41.1. The van der Waals surface area contributed by atoms with Gasteiger partial charge in [-0.05, 0) is 13.3 Å². The fraction of sp³-hybridized carbons (Fsp3) is 0.800. The molecule has 0 saturated heterocycles. The molecule has 0 aromatic heterocycles. The summed E-state index contributed by atoms with van der Waals surface area (Å²) in [7, 11) is 0. The van der Waals surface area contributed by atoms with Crippen LogP contribution in [0.4, 0.5) is 18.0 Å². The van der Waals surface area contributed by atoms with Gasteiger partial charge in [-0.15, -0.1) is 0 Å². The van der Waals surface area contributed by atoms with Crippen molar-refractivity contribution < 1.29 is 27.5 Å². The van der Waals surface area contributed by atoms with E-state index in [1.54, 1.807) is 13.8 Å². The Kier molecular flexibility index (Phi) is 7.14. The summed E-state index contributed by atoms with van der Waals surface area (Å²) in [5.74, 6) is -0.686. The zero-order valence-electron chi connectivity index (χ0n) is 10.3. The van der Waals surface area contributed by atoms with Crippen LogP contribution in [0.25, 0.3) is 0 Å². The van der Waals surface area contributed by atoms with Gasteiger partial charge in [-0.1, -0.05) is 6.92 Å². The summed E-state index contributed by atoms with van der Waals surface area (Å²) in [6, 6.07) is -0.928. The molecule has 0 radical (unpaired) electrons. The fourth-order valence-electron chi connectivity index (χ4n) is 1.21. The molecule has 5 nitrogen and oxygen atoms in total.